The van der Waals surface area contributed by atoms with Gasteiger partial charge in [0.15, 0.2) is 0 Å². The monoisotopic (exact) mass is 464 g/mol. The Hall–Kier alpha value is -2.09. The Morgan fingerprint density at radius 2 is 1.85 bits per heavy atom. The maximum Gasteiger partial charge on any atom is 0.265 e. The minimum Gasteiger partial charge on any atom is -0.312 e. The number of hydrogen-bond acceptors (Lipinski definition) is 3. The molecule has 27 heavy (non-hydrogen) atoms. The van der Waals surface area contributed by atoms with E-state index in [1.54, 1.807) is 49.5 Å². The van der Waals surface area contributed by atoms with Crippen molar-refractivity contribution < 1.29 is 13.2 Å². The fraction of sp³-hybridized carbons (Fsp3) is 0.105. The number of benzene rings is 3. The Kier molecular flexibility index (Phi) is 4.41. The summed E-state index contributed by atoms with van der Waals surface area (Å²) in [5, 5.41) is 1.87. The number of hydrogen-bond donors (Lipinski definition) is 0. The van der Waals surface area contributed by atoms with Gasteiger partial charge in [-0.05, 0) is 35.7 Å². The van der Waals surface area contributed by atoms with Crippen LogP contribution in [-0.2, 0) is 14.8 Å². The maximum atomic E-state index is 13.0. The molecule has 4 rings (SSSR count). The van der Waals surface area contributed by atoms with Crippen LogP contribution in [0.3, 0.4) is 0 Å². The number of carbonyl (C=O) groups excluding carboxylic acids is 1. The number of likely N-dealkylation sites (N-methyl/N-ethyl adjacent to an activating group) is 1. The van der Waals surface area contributed by atoms with Crippen LogP contribution in [0.4, 0.5) is 11.4 Å². The van der Waals surface area contributed by atoms with E-state index >= 15 is 0 Å². The second-order valence-electron chi connectivity index (χ2n) is 6.19. The van der Waals surface area contributed by atoms with E-state index in [2.05, 4.69) is 15.9 Å². The minimum absolute atomic E-state index is 0.229. The van der Waals surface area contributed by atoms with Crippen molar-refractivity contribution in [2.45, 2.75) is 4.90 Å². The molecule has 1 amide bonds. The normalized spacial score (nSPS) is 14.6. The van der Waals surface area contributed by atoms with E-state index in [0.29, 0.717) is 21.8 Å². The predicted molar refractivity (Wildman–Crippen MR) is 111 cm³/mol. The van der Waals surface area contributed by atoms with Gasteiger partial charge in [0.05, 0.1) is 21.3 Å². The lowest BCUT2D eigenvalue weighted by atomic mass is 10.1. The molecule has 0 fully saturated rings. The molecule has 0 aliphatic carbocycles. The number of nitrogens with zero attached hydrogens (tertiary/aromatic N) is 2. The summed E-state index contributed by atoms with van der Waals surface area (Å²) in [6.45, 7) is -0.307. The Morgan fingerprint density at radius 3 is 2.56 bits per heavy atom. The van der Waals surface area contributed by atoms with Crippen molar-refractivity contribution in [3.63, 3.8) is 0 Å². The van der Waals surface area contributed by atoms with E-state index in [0.717, 1.165) is 14.2 Å². The molecule has 0 bridgehead atoms. The molecule has 0 saturated carbocycles. The number of sulfonamides is 1. The van der Waals surface area contributed by atoms with Crippen molar-refractivity contribution in [3.8, 4) is 0 Å². The molecule has 1 aliphatic rings. The fourth-order valence-electron chi connectivity index (χ4n) is 3.25. The molecular formula is C19H14BrClN2O3S. The number of anilines is 2. The van der Waals surface area contributed by atoms with E-state index in [1.807, 2.05) is 12.1 Å². The highest BCUT2D eigenvalue weighted by Gasteiger charge is 2.37. The summed E-state index contributed by atoms with van der Waals surface area (Å²) < 4.78 is 27.9. The van der Waals surface area contributed by atoms with Gasteiger partial charge in [0.2, 0.25) is 5.91 Å². The van der Waals surface area contributed by atoms with Gasteiger partial charge >= 0.3 is 0 Å². The average molecular weight is 466 g/mol. The molecular weight excluding hydrogens is 452 g/mol. The van der Waals surface area contributed by atoms with Crippen LogP contribution in [0.25, 0.3) is 10.8 Å². The highest BCUT2D eigenvalue weighted by Crippen LogP contribution is 2.42. The second kappa shape index (κ2) is 6.51. The first-order valence-electron chi connectivity index (χ1n) is 8.07. The maximum absolute atomic E-state index is 13.0. The van der Waals surface area contributed by atoms with E-state index in [1.165, 1.54) is 4.90 Å². The molecule has 0 N–H and O–H groups in total. The van der Waals surface area contributed by atoms with Crippen molar-refractivity contribution in [1.82, 2.24) is 0 Å². The molecule has 1 heterocycles. The quantitative estimate of drug-likeness (QED) is 0.575. The topological polar surface area (TPSA) is 57.7 Å². The third kappa shape index (κ3) is 2.90. The van der Waals surface area contributed by atoms with Gasteiger partial charge < -0.3 is 4.90 Å². The molecule has 0 unspecified atom stereocenters. The molecule has 1 aliphatic heterocycles. The van der Waals surface area contributed by atoms with Gasteiger partial charge in [-0.3, -0.25) is 9.10 Å². The number of carbonyl (C=O) groups is 1. The molecule has 0 radical (unpaired) electrons. The standard InChI is InChI=1S/C19H14BrClN2O3S/c1-22(15-9-8-13(20)10-14(15)21)18(24)11-23-16-6-2-4-12-5-3-7-17(19(12)16)27(23,25)26/h2-10H,11H2,1H3. The predicted octanol–water partition coefficient (Wildman–Crippen LogP) is 4.43. The van der Waals surface area contributed by atoms with Gasteiger partial charge in [-0.2, -0.15) is 0 Å². The minimum atomic E-state index is -3.78. The highest BCUT2D eigenvalue weighted by atomic mass is 79.9. The van der Waals surface area contributed by atoms with Crippen molar-refractivity contribution >= 4 is 65.6 Å². The lowest BCUT2D eigenvalue weighted by Gasteiger charge is -2.23. The van der Waals surface area contributed by atoms with Crippen LogP contribution in [0.2, 0.25) is 5.02 Å². The summed E-state index contributed by atoms with van der Waals surface area (Å²) in [7, 11) is -2.20. The third-order valence-corrected chi connectivity index (χ3v) is 7.20. The zero-order valence-corrected chi connectivity index (χ0v) is 17.3. The zero-order valence-electron chi connectivity index (χ0n) is 14.2. The van der Waals surface area contributed by atoms with E-state index in [9.17, 15) is 13.2 Å². The lowest BCUT2D eigenvalue weighted by Crippen LogP contribution is -2.40. The third-order valence-electron chi connectivity index (χ3n) is 4.61. The lowest BCUT2D eigenvalue weighted by molar-refractivity contribution is -0.116. The van der Waals surface area contributed by atoms with Crippen molar-refractivity contribution in [3.05, 3.63) is 64.1 Å². The first-order valence-corrected chi connectivity index (χ1v) is 10.7. The Labute approximate surface area is 170 Å². The Balaban J connectivity index is 1.71. The number of halogens is 2. The Morgan fingerprint density at radius 1 is 1.15 bits per heavy atom. The molecule has 138 valence electrons. The molecule has 0 atom stereocenters. The number of amides is 1. The van der Waals surface area contributed by atoms with Crippen LogP contribution in [-0.4, -0.2) is 27.9 Å². The molecule has 3 aromatic rings. The van der Waals surface area contributed by atoms with E-state index in [4.69, 9.17) is 11.6 Å². The molecule has 8 heteroatoms. The molecule has 0 saturated heterocycles. The summed E-state index contributed by atoms with van der Waals surface area (Å²) in [5.41, 5.74) is 1.03. The van der Waals surface area contributed by atoms with Crippen molar-refractivity contribution in [2.75, 3.05) is 22.8 Å². The van der Waals surface area contributed by atoms with Gasteiger partial charge in [0.1, 0.15) is 6.54 Å². The van der Waals surface area contributed by atoms with Crippen LogP contribution >= 0.6 is 27.5 Å². The van der Waals surface area contributed by atoms with Crippen molar-refractivity contribution in [2.24, 2.45) is 0 Å². The first-order chi connectivity index (χ1) is 12.8. The van der Waals surface area contributed by atoms with Gasteiger partial charge in [-0.15, -0.1) is 0 Å². The van der Waals surface area contributed by atoms with Gasteiger partial charge in [-0.1, -0.05) is 51.8 Å². The fourth-order valence-corrected chi connectivity index (χ4v) is 5.71. The van der Waals surface area contributed by atoms with Gasteiger partial charge in [0, 0.05) is 16.9 Å². The van der Waals surface area contributed by atoms with Crippen LogP contribution in [0.15, 0.2) is 64.0 Å². The summed E-state index contributed by atoms with van der Waals surface area (Å²) in [4.78, 5) is 14.4. The van der Waals surface area contributed by atoms with E-state index < -0.39 is 10.0 Å². The molecule has 0 aromatic heterocycles. The summed E-state index contributed by atoms with van der Waals surface area (Å²) in [6.07, 6.45) is 0. The summed E-state index contributed by atoms with van der Waals surface area (Å²) >= 11 is 9.55. The largest absolute Gasteiger partial charge is 0.312 e. The molecule has 0 spiro atoms. The van der Waals surface area contributed by atoms with Crippen LogP contribution in [0.5, 0.6) is 0 Å². The van der Waals surface area contributed by atoms with Crippen LogP contribution in [0.1, 0.15) is 0 Å². The molecule has 5 nitrogen and oxygen atoms in total. The Bertz CT molecular complexity index is 1190. The highest BCUT2D eigenvalue weighted by molar-refractivity contribution is 9.10. The SMILES string of the molecule is CN(C(=O)CN1c2cccc3cccc(c23)S1(=O)=O)c1ccc(Br)cc1Cl. The molecule has 3 aromatic carbocycles. The zero-order chi connectivity index (χ0) is 19.3. The number of rotatable bonds is 3. The van der Waals surface area contributed by atoms with Gasteiger partial charge in [-0.25, -0.2) is 8.42 Å². The summed E-state index contributed by atoms with van der Waals surface area (Å²) in [6, 6.07) is 15.7. The smallest absolute Gasteiger partial charge is 0.265 e. The first kappa shape index (κ1) is 18.3. The average Bonchev–Trinajstić information content (AvgIpc) is 2.85. The van der Waals surface area contributed by atoms with E-state index in [-0.39, 0.29) is 17.3 Å². The van der Waals surface area contributed by atoms with Crippen molar-refractivity contribution in [1.29, 1.82) is 0 Å². The van der Waals surface area contributed by atoms with Crippen LogP contribution in [0, 0.1) is 0 Å². The van der Waals surface area contributed by atoms with Gasteiger partial charge in [0.25, 0.3) is 10.0 Å². The van der Waals surface area contributed by atoms with Crippen LogP contribution < -0.4 is 9.21 Å². The summed E-state index contributed by atoms with van der Waals surface area (Å²) in [5.74, 6) is -0.382. The second-order valence-corrected chi connectivity index (χ2v) is 9.35.